The summed E-state index contributed by atoms with van der Waals surface area (Å²) in [5.74, 6) is -0.0296. The van der Waals surface area contributed by atoms with E-state index in [1.54, 1.807) is 0 Å². The molecule has 2 rings (SSSR count). The van der Waals surface area contributed by atoms with E-state index in [0.717, 1.165) is 6.54 Å². The highest BCUT2D eigenvalue weighted by molar-refractivity contribution is 5.80. The molecule has 0 aromatic carbocycles. The van der Waals surface area contributed by atoms with Crippen LogP contribution in [0.25, 0.3) is 0 Å². The summed E-state index contributed by atoms with van der Waals surface area (Å²) in [6.07, 6.45) is 1.14. The van der Waals surface area contributed by atoms with Crippen LogP contribution in [0.3, 0.4) is 0 Å². The summed E-state index contributed by atoms with van der Waals surface area (Å²) in [6, 6.07) is 0.292. The molecule has 2 aliphatic rings. The molecule has 92 valence electrons. The first kappa shape index (κ1) is 11.8. The minimum atomic E-state index is -0.227. The van der Waals surface area contributed by atoms with Gasteiger partial charge in [-0.15, -0.1) is 0 Å². The lowest BCUT2D eigenvalue weighted by Gasteiger charge is -2.33. The highest BCUT2D eigenvalue weighted by Gasteiger charge is 2.36. The number of hydrogen-bond acceptors (Lipinski definition) is 4. The molecule has 3 N–H and O–H groups in total. The Bertz CT molecular complexity index is 254. The summed E-state index contributed by atoms with van der Waals surface area (Å²) in [4.78, 5) is 11.9. The van der Waals surface area contributed by atoms with E-state index in [0.29, 0.717) is 26.1 Å². The van der Waals surface area contributed by atoms with Crippen LogP contribution < -0.4 is 10.6 Å². The first-order chi connectivity index (χ1) is 7.70. The van der Waals surface area contributed by atoms with Crippen molar-refractivity contribution in [2.24, 2.45) is 5.92 Å². The monoisotopic (exact) mass is 228 g/mol. The molecule has 2 unspecified atom stereocenters. The van der Waals surface area contributed by atoms with E-state index >= 15 is 0 Å². The molecule has 1 saturated carbocycles. The summed E-state index contributed by atoms with van der Waals surface area (Å²) in [5.41, 5.74) is 0. The van der Waals surface area contributed by atoms with E-state index in [1.807, 2.05) is 6.92 Å². The molecule has 1 aliphatic heterocycles. The highest BCUT2D eigenvalue weighted by atomic mass is 16.5. The number of ether oxygens (including phenoxy) is 1. The zero-order valence-corrected chi connectivity index (χ0v) is 9.61. The van der Waals surface area contributed by atoms with Crippen molar-refractivity contribution in [2.75, 3.05) is 19.8 Å². The SMILES string of the molecule is CCNC1COCC1C(=O)NC1CC(O)C1. The van der Waals surface area contributed by atoms with Crippen LogP contribution in [0.2, 0.25) is 0 Å². The Hall–Kier alpha value is -0.650. The van der Waals surface area contributed by atoms with Crippen LogP contribution in [0.1, 0.15) is 19.8 Å². The van der Waals surface area contributed by atoms with Gasteiger partial charge in [-0.1, -0.05) is 6.92 Å². The maximum Gasteiger partial charge on any atom is 0.227 e. The van der Waals surface area contributed by atoms with Gasteiger partial charge in [0.2, 0.25) is 5.91 Å². The molecule has 0 bridgehead atoms. The lowest BCUT2D eigenvalue weighted by molar-refractivity contribution is -0.127. The standard InChI is InChI=1S/C11H20N2O3/c1-2-12-10-6-16-5-9(10)11(15)13-7-3-8(14)4-7/h7-10,12,14H,2-6H2,1H3,(H,13,15). The number of hydrogen-bond donors (Lipinski definition) is 3. The summed E-state index contributed by atoms with van der Waals surface area (Å²) in [5, 5.41) is 15.4. The number of amides is 1. The molecular formula is C11H20N2O3. The average Bonchev–Trinajstić information content (AvgIpc) is 2.64. The zero-order valence-electron chi connectivity index (χ0n) is 9.61. The van der Waals surface area contributed by atoms with Gasteiger partial charge in [0, 0.05) is 12.1 Å². The Morgan fingerprint density at radius 2 is 2.19 bits per heavy atom. The summed E-state index contributed by atoms with van der Waals surface area (Å²) >= 11 is 0. The second kappa shape index (κ2) is 5.12. The van der Waals surface area contributed by atoms with Crippen LogP contribution in [-0.2, 0) is 9.53 Å². The third kappa shape index (κ3) is 2.53. The van der Waals surface area contributed by atoms with Crippen molar-refractivity contribution in [3.8, 4) is 0 Å². The lowest BCUT2D eigenvalue weighted by Crippen LogP contribution is -2.51. The van der Waals surface area contributed by atoms with Gasteiger partial charge in [-0.3, -0.25) is 4.79 Å². The van der Waals surface area contributed by atoms with E-state index < -0.39 is 0 Å². The highest BCUT2D eigenvalue weighted by Crippen LogP contribution is 2.21. The fraction of sp³-hybridized carbons (Fsp3) is 0.909. The number of carbonyl (C=O) groups excluding carboxylic acids is 1. The fourth-order valence-electron chi connectivity index (χ4n) is 2.29. The number of aliphatic hydroxyl groups excluding tert-OH is 1. The largest absolute Gasteiger partial charge is 0.393 e. The molecule has 16 heavy (non-hydrogen) atoms. The second-order valence-corrected chi connectivity index (χ2v) is 4.64. The molecule has 1 saturated heterocycles. The molecule has 0 radical (unpaired) electrons. The molecule has 5 nitrogen and oxygen atoms in total. The topological polar surface area (TPSA) is 70.6 Å². The van der Waals surface area contributed by atoms with Crippen LogP contribution in [0.5, 0.6) is 0 Å². The molecule has 0 aromatic rings. The Morgan fingerprint density at radius 3 is 2.81 bits per heavy atom. The van der Waals surface area contributed by atoms with Crippen molar-refractivity contribution in [3.05, 3.63) is 0 Å². The van der Waals surface area contributed by atoms with Crippen molar-refractivity contribution >= 4 is 5.91 Å². The second-order valence-electron chi connectivity index (χ2n) is 4.64. The van der Waals surface area contributed by atoms with Gasteiger partial charge in [-0.25, -0.2) is 0 Å². The van der Waals surface area contributed by atoms with Crippen LogP contribution in [0.4, 0.5) is 0 Å². The van der Waals surface area contributed by atoms with Gasteiger partial charge < -0.3 is 20.5 Å². The normalized spacial score (nSPS) is 38.1. The Labute approximate surface area is 95.5 Å². The lowest BCUT2D eigenvalue weighted by atomic mass is 9.88. The average molecular weight is 228 g/mol. The van der Waals surface area contributed by atoms with E-state index in [9.17, 15) is 4.79 Å². The number of carbonyl (C=O) groups is 1. The van der Waals surface area contributed by atoms with Gasteiger partial charge in [0.15, 0.2) is 0 Å². The Morgan fingerprint density at radius 1 is 1.44 bits per heavy atom. The minimum Gasteiger partial charge on any atom is -0.393 e. The molecular weight excluding hydrogens is 208 g/mol. The Balaban J connectivity index is 1.79. The molecule has 1 heterocycles. The van der Waals surface area contributed by atoms with Crippen molar-refractivity contribution in [3.63, 3.8) is 0 Å². The van der Waals surface area contributed by atoms with Crippen LogP contribution in [0, 0.1) is 5.92 Å². The van der Waals surface area contributed by atoms with E-state index in [-0.39, 0.29) is 30.0 Å². The van der Waals surface area contributed by atoms with Crippen molar-refractivity contribution in [2.45, 2.75) is 38.0 Å². The third-order valence-corrected chi connectivity index (χ3v) is 3.34. The van der Waals surface area contributed by atoms with Crippen molar-refractivity contribution in [1.82, 2.24) is 10.6 Å². The van der Waals surface area contributed by atoms with E-state index in [4.69, 9.17) is 9.84 Å². The van der Waals surface area contributed by atoms with Crippen molar-refractivity contribution < 1.29 is 14.6 Å². The van der Waals surface area contributed by atoms with E-state index in [2.05, 4.69) is 10.6 Å². The number of nitrogens with one attached hydrogen (secondary N) is 2. The van der Waals surface area contributed by atoms with Crippen LogP contribution in [-0.4, -0.2) is 49.0 Å². The summed E-state index contributed by atoms with van der Waals surface area (Å²) in [6.45, 7) is 3.98. The maximum absolute atomic E-state index is 11.9. The van der Waals surface area contributed by atoms with Gasteiger partial charge in [-0.05, 0) is 19.4 Å². The number of rotatable bonds is 4. The van der Waals surface area contributed by atoms with Gasteiger partial charge in [0.1, 0.15) is 0 Å². The molecule has 1 aliphatic carbocycles. The number of likely N-dealkylation sites (N-methyl/N-ethyl adjacent to an activating group) is 1. The first-order valence-corrected chi connectivity index (χ1v) is 6.00. The number of aliphatic hydroxyl groups is 1. The molecule has 2 atom stereocenters. The quantitative estimate of drug-likeness (QED) is 0.592. The van der Waals surface area contributed by atoms with Gasteiger partial charge >= 0.3 is 0 Å². The third-order valence-electron chi connectivity index (χ3n) is 3.34. The van der Waals surface area contributed by atoms with Gasteiger partial charge in [-0.2, -0.15) is 0 Å². The van der Waals surface area contributed by atoms with Gasteiger partial charge in [0.05, 0.1) is 25.2 Å². The smallest absolute Gasteiger partial charge is 0.227 e. The predicted octanol–water partition coefficient (Wildman–Crippen LogP) is -0.750. The summed E-state index contributed by atoms with van der Waals surface area (Å²) in [7, 11) is 0. The summed E-state index contributed by atoms with van der Waals surface area (Å²) < 4.78 is 5.33. The van der Waals surface area contributed by atoms with Crippen molar-refractivity contribution in [1.29, 1.82) is 0 Å². The molecule has 5 heteroatoms. The Kier molecular flexibility index (Phi) is 3.78. The minimum absolute atomic E-state index is 0.0559. The molecule has 1 amide bonds. The first-order valence-electron chi connectivity index (χ1n) is 6.00. The molecule has 0 aromatic heterocycles. The molecule has 0 spiro atoms. The van der Waals surface area contributed by atoms with E-state index in [1.165, 1.54) is 0 Å². The van der Waals surface area contributed by atoms with Crippen LogP contribution >= 0.6 is 0 Å². The zero-order chi connectivity index (χ0) is 11.5. The fourth-order valence-corrected chi connectivity index (χ4v) is 2.29. The predicted molar refractivity (Wildman–Crippen MR) is 58.9 cm³/mol. The molecule has 2 fully saturated rings. The maximum atomic E-state index is 11.9. The van der Waals surface area contributed by atoms with Gasteiger partial charge in [0.25, 0.3) is 0 Å². The van der Waals surface area contributed by atoms with Crippen LogP contribution in [0.15, 0.2) is 0 Å².